The molecule has 0 radical (unpaired) electrons. The van der Waals surface area contributed by atoms with E-state index in [9.17, 15) is 4.79 Å². The Hall–Kier alpha value is -1.11. The molecular weight excluding hydrogens is 314 g/mol. The number of hydrogen-bond acceptors (Lipinski definition) is 5. The standard InChI is InChI=1S/C13H14ClN3OS2/c1-8-5-9(2)17-13(16-8)19-7-12(18)15-6-10-3-4-11(14)20-10/h3-5H,6-7H2,1-2H3,(H,15,18). The van der Waals surface area contributed by atoms with Crippen molar-refractivity contribution < 1.29 is 4.79 Å². The van der Waals surface area contributed by atoms with Gasteiger partial charge < -0.3 is 5.32 Å². The quantitative estimate of drug-likeness (QED) is 0.676. The summed E-state index contributed by atoms with van der Waals surface area (Å²) in [7, 11) is 0. The molecule has 1 amide bonds. The highest BCUT2D eigenvalue weighted by molar-refractivity contribution is 7.99. The molecule has 0 aliphatic carbocycles. The predicted molar refractivity (Wildman–Crippen MR) is 83.4 cm³/mol. The molecule has 106 valence electrons. The predicted octanol–water partition coefficient (Wildman–Crippen LogP) is 3.22. The third-order valence-electron chi connectivity index (χ3n) is 2.38. The van der Waals surface area contributed by atoms with E-state index in [4.69, 9.17) is 11.6 Å². The molecule has 0 saturated heterocycles. The Morgan fingerprint density at radius 1 is 1.35 bits per heavy atom. The van der Waals surface area contributed by atoms with Gasteiger partial charge in [0, 0.05) is 16.3 Å². The van der Waals surface area contributed by atoms with Gasteiger partial charge in [-0.05, 0) is 32.0 Å². The molecule has 0 fully saturated rings. The molecule has 4 nitrogen and oxygen atoms in total. The van der Waals surface area contributed by atoms with E-state index in [1.54, 1.807) is 0 Å². The first kappa shape index (κ1) is 15.3. The van der Waals surface area contributed by atoms with Crippen molar-refractivity contribution in [1.82, 2.24) is 15.3 Å². The van der Waals surface area contributed by atoms with Crippen molar-refractivity contribution in [2.45, 2.75) is 25.5 Å². The van der Waals surface area contributed by atoms with Crippen LogP contribution >= 0.6 is 34.7 Å². The zero-order chi connectivity index (χ0) is 14.5. The zero-order valence-electron chi connectivity index (χ0n) is 11.1. The van der Waals surface area contributed by atoms with Gasteiger partial charge in [-0.25, -0.2) is 9.97 Å². The Morgan fingerprint density at radius 3 is 2.65 bits per heavy atom. The number of carbonyl (C=O) groups is 1. The molecule has 0 aromatic carbocycles. The Morgan fingerprint density at radius 2 is 2.05 bits per heavy atom. The Labute approximate surface area is 131 Å². The maximum atomic E-state index is 11.8. The SMILES string of the molecule is Cc1cc(C)nc(SCC(=O)NCc2ccc(Cl)s2)n1. The van der Waals surface area contributed by atoms with Gasteiger partial charge in [0.25, 0.3) is 0 Å². The smallest absolute Gasteiger partial charge is 0.230 e. The van der Waals surface area contributed by atoms with E-state index in [0.29, 0.717) is 17.5 Å². The van der Waals surface area contributed by atoms with Crippen LogP contribution in [0, 0.1) is 13.8 Å². The van der Waals surface area contributed by atoms with Crippen LogP contribution in [-0.2, 0) is 11.3 Å². The van der Waals surface area contributed by atoms with Gasteiger partial charge in [0.05, 0.1) is 16.6 Å². The van der Waals surface area contributed by atoms with Gasteiger partial charge in [-0.3, -0.25) is 4.79 Å². The van der Waals surface area contributed by atoms with Crippen LogP contribution in [0.2, 0.25) is 4.34 Å². The van der Waals surface area contributed by atoms with Crippen LogP contribution in [0.15, 0.2) is 23.4 Å². The van der Waals surface area contributed by atoms with Crippen LogP contribution in [0.3, 0.4) is 0 Å². The fraction of sp³-hybridized carbons (Fsp3) is 0.308. The van der Waals surface area contributed by atoms with Gasteiger partial charge in [-0.15, -0.1) is 11.3 Å². The molecule has 2 rings (SSSR count). The Kier molecular flexibility index (Phi) is 5.39. The van der Waals surface area contributed by atoms with E-state index in [0.717, 1.165) is 20.6 Å². The molecule has 2 aromatic heterocycles. The van der Waals surface area contributed by atoms with Crippen molar-refractivity contribution in [3.63, 3.8) is 0 Å². The summed E-state index contributed by atoms with van der Waals surface area (Å²) in [6.45, 7) is 4.34. The number of hydrogen-bond donors (Lipinski definition) is 1. The van der Waals surface area contributed by atoms with Crippen LogP contribution in [0.25, 0.3) is 0 Å². The van der Waals surface area contributed by atoms with E-state index in [1.165, 1.54) is 23.1 Å². The van der Waals surface area contributed by atoms with Gasteiger partial charge in [0.2, 0.25) is 5.91 Å². The average molecular weight is 328 g/mol. The highest BCUT2D eigenvalue weighted by Gasteiger charge is 2.06. The molecule has 2 heterocycles. The first-order valence-electron chi connectivity index (χ1n) is 5.99. The normalized spacial score (nSPS) is 10.6. The highest BCUT2D eigenvalue weighted by Crippen LogP contribution is 2.21. The fourth-order valence-corrected chi connectivity index (χ4v) is 3.38. The second-order valence-electron chi connectivity index (χ2n) is 4.20. The van der Waals surface area contributed by atoms with E-state index in [2.05, 4.69) is 15.3 Å². The molecule has 2 aromatic rings. The summed E-state index contributed by atoms with van der Waals surface area (Å²) in [5, 5.41) is 3.48. The molecule has 0 saturated carbocycles. The average Bonchev–Trinajstić information content (AvgIpc) is 2.79. The molecule has 0 aliphatic rings. The van der Waals surface area contributed by atoms with Crippen LogP contribution in [0.4, 0.5) is 0 Å². The Bertz CT molecular complexity index is 595. The van der Waals surface area contributed by atoms with Gasteiger partial charge in [0.1, 0.15) is 0 Å². The van der Waals surface area contributed by atoms with Crippen molar-refractivity contribution >= 4 is 40.6 Å². The van der Waals surface area contributed by atoms with Crippen molar-refractivity contribution in [3.05, 3.63) is 38.8 Å². The number of nitrogens with one attached hydrogen (secondary N) is 1. The molecule has 0 spiro atoms. The number of amides is 1. The highest BCUT2D eigenvalue weighted by atomic mass is 35.5. The van der Waals surface area contributed by atoms with Gasteiger partial charge in [-0.1, -0.05) is 23.4 Å². The van der Waals surface area contributed by atoms with Gasteiger partial charge in [-0.2, -0.15) is 0 Å². The number of aromatic nitrogens is 2. The zero-order valence-corrected chi connectivity index (χ0v) is 13.5. The van der Waals surface area contributed by atoms with E-state index in [-0.39, 0.29) is 5.91 Å². The molecule has 0 aliphatic heterocycles. The minimum absolute atomic E-state index is 0.0396. The first-order valence-corrected chi connectivity index (χ1v) is 8.17. The monoisotopic (exact) mass is 327 g/mol. The lowest BCUT2D eigenvalue weighted by Gasteiger charge is -2.04. The summed E-state index contributed by atoms with van der Waals surface area (Å²) >= 11 is 8.64. The molecule has 0 atom stereocenters. The van der Waals surface area contributed by atoms with Crippen LogP contribution in [0.1, 0.15) is 16.3 Å². The van der Waals surface area contributed by atoms with Gasteiger partial charge in [0.15, 0.2) is 5.16 Å². The summed E-state index contributed by atoms with van der Waals surface area (Å²) in [4.78, 5) is 21.4. The van der Waals surface area contributed by atoms with Crippen molar-refractivity contribution in [2.24, 2.45) is 0 Å². The maximum absolute atomic E-state index is 11.8. The maximum Gasteiger partial charge on any atom is 0.230 e. The number of thiophene rings is 1. The number of aryl methyl sites for hydroxylation is 2. The number of carbonyl (C=O) groups excluding carboxylic acids is 1. The number of thioether (sulfide) groups is 1. The molecule has 20 heavy (non-hydrogen) atoms. The third-order valence-corrected chi connectivity index (χ3v) is 4.46. The van der Waals surface area contributed by atoms with Gasteiger partial charge >= 0.3 is 0 Å². The summed E-state index contributed by atoms with van der Waals surface area (Å²) in [6, 6.07) is 5.64. The molecule has 0 bridgehead atoms. The number of rotatable bonds is 5. The molecule has 0 unspecified atom stereocenters. The second kappa shape index (κ2) is 7.06. The minimum Gasteiger partial charge on any atom is -0.350 e. The first-order chi connectivity index (χ1) is 9.52. The number of halogens is 1. The summed E-state index contributed by atoms with van der Waals surface area (Å²) in [5.41, 5.74) is 1.82. The van der Waals surface area contributed by atoms with E-state index < -0.39 is 0 Å². The van der Waals surface area contributed by atoms with Crippen molar-refractivity contribution in [2.75, 3.05) is 5.75 Å². The summed E-state index contributed by atoms with van der Waals surface area (Å²) in [6.07, 6.45) is 0. The van der Waals surface area contributed by atoms with E-state index in [1.807, 2.05) is 32.0 Å². The molecule has 1 N–H and O–H groups in total. The third kappa shape index (κ3) is 4.77. The lowest BCUT2D eigenvalue weighted by molar-refractivity contribution is -0.118. The van der Waals surface area contributed by atoms with Crippen LogP contribution in [-0.4, -0.2) is 21.6 Å². The van der Waals surface area contributed by atoms with Crippen molar-refractivity contribution in [3.8, 4) is 0 Å². The largest absolute Gasteiger partial charge is 0.350 e. The molecular formula is C13H14ClN3OS2. The lowest BCUT2D eigenvalue weighted by atomic mass is 10.4. The summed E-state index contributed by atoms with van der Waals surface area (Å²) in [5.74, 6) is 0.268. The summed E-state index contributed by atoms with van der Waals surface area (Å²) < 4.78 is 0.729. The minimum atomic E-state index is -0.0396. The van der Waals surface area contributed by atoms with Crippen molar-refractivity contribution in [1.29, 1.82) is 0 Å². The fourth-order valence-electron chi connectivity index (χ4n) is 1.57. The number of nitrogens with zero attached hydrogens (tertiary/aromatic N) is 2. The molecule has 7 heteroatoms. The second-order valence-corrected chi connectivity index (χ2v) is 6.95. The van der Waals surface area contributed by atoms with Crippen LogP contribution in [0.5, 0.6) is 0 Å². The van der Waals surface area contributed by atoms with Crippen LogP contribution < -0.4 is 5.32 Å². The lowest BCUT2D eigenvalue weighted by Crippen LogP contribution is -2.24. The Balaban J connectivity index is 1.80. The topological polar surface area (TPSA) is 54.9 Å². The van der Waals surface area contributed by atoms with E-state index >= 15 is 0 Å².